The molecule has 1 saturated heterocycles. The van der Waals surface area contributed by atoms with E-state index >= 15 is 0 Å². The normalized spacial score (nSPS) is 24.3. The Bertz CT molecular complexity index is 169. The van der Waals surface area contributed by atoms with Gasteiger partial charge in [0.2, 0.25) is 5.91 Å². The number of carbonyl (C=O) groups is 1. The van der Waals surface area contributed by atoms with Crippen molar-refractivity contribution in [1.29, 1.82) is 0 Å². The van der Waals surface area contributed by atoms with Gasteiger partial charge in [-0.25, -0.2) is 0 Å². The quantitative estimate of drug-likeness (QED) is 0.703. The maximum absolute atomic E-state index is 11.4. The molecule has 0 aromatic heterocycles. The van der Waals surface area contributed by atoms with E-state index in [0.29, 0.717) is 13.2 Å². The van der Waals surface area contributed by atoms with E-state index in [0.717, 1.165) is 19.3 Å². The molecule has 4 heteroatoms. The van der Waals surface area contributed by atoms with Gasteiger partial charge in [0, 0.05) is 13.2 Å². The summed E-state index contributed by atoms with van der Waals surface area (Å²) in [5, 5.41) is 2.81. The zero-order valence-electron chi connectivity index (χ0n) is 7.88. The first-order valence-electron chi connectivity index (χ1n) is 4.77. The summed E-state index contributed by atoms with van der Waals surface area (Å²) in [4.78, 5) is 11.4. The van der Waals surface area contributed by atoms with Crippen molar-refractivity contribution in [2.75, 3.05) is 13.2 Å². The Morgan fingerprint density at radius 3 is 3.08 bits per heavy atom. The van der Waals surface area contributed by atoms with E-state index < -0.39 is 0 Å². The summed E-state index contributed by atoms with van der Waals surface area (Å²) in [6, 6.07) is 0. The minimum atomic E-state index is -0.235. The maximum Gasteiger partial charge on any atom is 0.249 e. The summed E-state index contributed by atoms with van der Waals surface area (Å²) >= 11 is 5.86. The van der Waals surface area contributed by atoms with Gasteiger partial charge in [-0.2, -0.15) is 0 Å². The minimum Gasteiger partial charge on any atom is -0.368 e. The van der Waals surface area contributed by atoms with Crippen LogP contribution in [0.3, 0.4) is 0 Å². The Morgan fingerprint density at radius 1 is 1.77 bits per heavy atom. The van der Waals surface area contributed by atoms with Crippen molar-refractivity contribution in [2.24, 2.45) is 0 Å². The smallest absolute Gasteiger partial charge is 0.249 e. The van der Waals surface area contributed by atoms with Gasteiger partial charge in [0.25, 0.3) is 0 Å². The first kappa shape index (κ1) is 10.8. The van der Waals surface area contributed by atoms with E-state index in [-0.39, 0.29) is 17.4 Å². The van der Waals surface area contributed by atoms with Crippen LogP contribution < -0.4 is 5.32 Å². The molecule has 0 spiro atoms. The van der Waals surface area contributed by atoms with Gasteiger partial charge in [0.1, 0.15) is 6.10 Å². The molecular formula is C9H16ClNO2. The Kier molecular flexibility index (Phi) is 4.53. The molecule has 1 heterocycles. The van der Waals surface area contributed by atoms with Crippen molar-refractivity contribution in [3.63, 3.8) is 0 Å². The van der Waals surface area contributed by atoms with E-state index in [1.807, 2.05) is 6.92 Å². The van der Waals surface area contributed by atoms with Crippen LogP contribution in [0.1, 0.15) is 26.2 Å². The Morgan fingerprint density at radius 2 is 2.54 bits per heavy atom. The van der Waals surface area contributed by atoms with Crippen molar-refractivity contribution in [2.45, 2.75) is 37.7 Å². The van der Waals surface area contributed by atoms with Crippen LogP contribution in [0.4, 0.5) is 0 Å². The van der Waals surface area contributed by atoms with Crippen molar-refractivity contribution in [1.82, 2.24) is 5.32 Å². The number of hydrogen-bond acceptors (Lipinski definition) is 2. The number of rotatable bonds is 4. The summed E-state index contributed by atoms with van der Waals surface area (Å²) in [7, 11) is 0. The van der Waals surface area contributed by atoms with E-state index in [2.05, 4.69) is 5.32 Å². The molecule has 1 aliphatic heterocycles. The van der Waals surface area contributed by atoms with Gasteiger partial charge >= 0.3 is 0 Å². The Labute approximate surface area is 83.8 Å². The highest BCUT2D eigenvalue weighted by molar-refractivity contribution is 6.20. The molecule has 1 aliphatic rings. The first-order valence-corrected chi connectivity index (χ1v) is 5.21. The molecule has 1 N–H and O–H groups in total. The summed E-state index contributed by atoms with van der Waals surface area (Å²) < 4.78 is 5.23. The van der Waals surface area contributed by atoms with Gasteiger partial charge in [-0.15, -0.1) is 11.6 Å². The van der Waals surface area contributed by atoms with Gasteiger partial charge in [0.05, 0.1) is 5.38 Å². The number of hydrogen-bond donors (Lipinski definition) is 1. The second-order valence-corrected chi connectivity index (χ2v) is 3.87. The lowest BCUT2D eigenvalue weighted by atomic mass is 10.2. The highest BCUT2D eigenvalue weighted by atomic mass is 35.5. The number of nitrogens with one attached hydrogen (secondary N) is 1. The van der Waals surface area contributed by atoms with Gasteiger partial charge in [-0.05, 0) is 19.3 Å². The predicted molar refractivity (Wildman–Crippen MR) is 51.9 cm³/mol. The molecule has 2 unspecified atom stereocenters. The minimum absolute atomic E-state index is 0.0170. The van der Waals surface area contributed by atoms with Crippen molar-refractivity contribution in [3.8, 4) is 0 Å². The molecule has 1 fully saturated rings. The Balaban J connectivity index is 2.16. The number of halogens is 1. The topological polar surface area (TPSA) is 38.3 Å². The molecule has 76 valence electrons. The lowest BCUT2D eigenvalue weighted by Gasteiger charge is -2.12. The van der Waals surface area contributed by atoms with Gasteiger partial charge in [-0.1, -0.05) is 6.92 Å². The van der Waals surface area contributed by atoms with E-state index in [1.54, 1.807) is 0 Å². The molecule has 0 bridgehead atoms. The number of alkyl halides is 1. The third kappa shape index (κ3) is 3.53. The van der Waals surface area contributed by atoms with Crippen LogP contribution in [0, 0.1) is 0 Å². The molecule has 1 amide bonds. The summed E-state index contributed by atoms with van der Waals surface area (Å²) in [5.41, 5.74) is 0. The average molecular weight is 206 g/mol. The van der Waals surface area contributed by atoms with Crippen LogP contribution in [0.15, 0.2) is 0 Å². The molecule has 0 aliphatic carbocycles. The summed E-state index contributed by atoms with van der Waals surface area (Å²) in [6.45, 7) is 3.24. The second kappa shape index (κ2) is 5.45. The molecule has 3 nitrogen and oxygen atoms in total. The van der Waals surface area contributed by atoms with Crippen LogP contribution in [-0.2, 0) is 9.53 Å². The molecular weight excluding hydrogens is 190 g/mol. The van der Waals surface area contributed by atoms with Crippen LogP contribution in [-0.4, -0.2) is 30.5 Å². The fraction of sp³-hybridized carbons (Fsp3) is 0.889. The highest BCUT2D eigenvalue weighted by Crippen LogP contribution is 2.11. The standard InChI is InChI=1S/C9H16ClNO2/c1-2-7(10)6-11-9(12)8-4-3-5-13-8/h7-8H,2-6H2,1H3,(H,11,12). The first-order chi connectivity index (χ1) is 6.24. The van der Waals surface area contributed by atoms with Crippen LogP contribution >= 0.6 is 11.6 Å². The van der Waals surface area contributed by atoms with Crippen LogP contribution in [0.5, 0.6) is 0 Å². The van der Waals surface area contributed by atoms with Crippen molar-refractivity contribution < 1.29 is 9.53 Å². The molecule has 13 heavy (non-hydrogen) atoms. The van der Waals surface area contributed by atoms with Crippen LogP contribution in [0.2, 0.25) is 0 Å². The summed E-state index contributed by atoms with van der Waals surface area (Å²) in [6.07, 6.45) is 2.45. The molecule has 1 rings (SSSR count). The lowest BCUT2D eigenvalue weighted by molar-refractivity contribution is -0.130. The maximum atomic E-state index is 11.4. The third-order valence-corrected chi connectivity index (χ3v) is 2.63. The SMILES string of the molecule is CCC(Cl)CNC(=O)C1CCCO1. The monoisotopic (exact) mass is 205 g/mol. The third-order valence-electron chi connectivity index (χ3n) is 2.16. The molecule has 2 atom stereocenters. The molecule has 0 aromatic rings. The van der Waals surface area contributed by atoms with Gasteiger partial charge in [-0.3, -0.25) is 4.79 Å². The molecule has 0 radical (unpaired) electrons. The highest BCUT2D eigenvalue weighted by Gasteiger charge is 2.23. The fourth-order valence-electron chi connectivity index (χ4n) is 1.25. The van der Waals surface area contributed by atoms with Crippen molar-refractivity contribution >= 4 is 17.5 Å². The average Bonchev–Trinajstić information content (AvgIpc) is 2.66. The summed E-state index contributed by atoms with van der Waals surface area (Å²) in [5.74, 6) is -0.0170. The zero-order chi connectivity index (χ0) is 9.68. The number of carbonyl (C=O) groups excluding carboxylic acids is 1. The van der Waals surface area contributed by atoms with E-state index in [9.17, 15) is 4.79 Å². The second-order valence-electron chi connectivity index (χ2n) is 3.25. The van der Waals surface area contributed by atoms with Gasteiger partial charge < -0.3 is 10.1 Å². The lowest BCUT2D eigenvalue weighted by Crippen LogP contribution is -2.37. The molecule has 0 saturated carbocycles. The van der Waals surface area contributed by atoms with Gasteiger partial charge in [0.15, 0.2) is 0 Å². The van der Waals surface area contributed by atoms with E-state index in [1.165, 1.54) is 0 Å². The Hall–Kier alpha value is -0.280. The zero-order valence-corrected chi connectivity index (χ0v) is 8.64. The van der Waals surface area contributed by atoms with Crippen molar-refractivity contribution in [3.05, 3.63) is 0 Å². The van der Waals surface area contributed by atoms with E-state index in [4.69, 9.17) is 16.3 Å². The number of ether oxygens (including phenoxy) is 1. The van der Waals surface area contributed by atoms with Crippen LogP contribution in [0.25, 0.3) is 0 Å². The largest absolute Gasteiger partial charge is 0.368 e. The number of amides is 1. The molecule has 0 aromatic carbocycles. The fourth-order valence-corrected chi connectivity index (χ4v) is 1.33. The predicted octanol–water partition coefficient (Wildman–Crippen LogP) is 1.30.